The number of rotatable bonds is 4. The Morgan fingerprint density at radius 1 is 1.11 bits per heavy atom. The molecule has 0 aliphatic carbocycles. The van der Waals surface area contributed by atoms with Crippen LogP contribution in [-0.4, -0.2) is 14.1 Å². The van der Waals surface area contributed by atoms with Crippen molar-refractivity contribution in [3.05, 3.63) is 82.3 Å². The Labute approximate surface area is 160 Å². The maximum atomic E-state index is 13.8. The first kappa shape index (κ1) is 17.8. The van der Waals surface area contributed by atoms with Gasteiger partial charge in [-0.15, -0.1) is 11.3 Å². The Bertz CT molecular complexity index is 1090. The Morgan fingerprint density at radius 3 is 2.52 bits per heavy atom. The quantitative estimate of drug-likeness (QED) is 0.721. The number of hydrogen-bond acceptors (Lipinski definition) is 5. The number of nitrogens with zero attached hydrogens (tertiary/aromatic N) is 2. The van der Waals surface area contributed by atoms with Gasteiger partial charge in [-0.3, -0.25) is 5.01 Å². The topological polar surface area (TPSA) is 75.8 Å². The van der Waals surface area contributed by atoms with E-state index in [9.17, 15) is 12.8 Å². The molecule has 27 heavy (non-hydrogen) atoms. The molecule has 0 amide bonds. The minimum atomic E-state index is -3.76. The van der Waals surface area contributed by atoms with Crippen LogP contribution >= 0.6 is 11.3 Å². The number of halogens is 1. The van der Waals surface area contributed by atoms with Crippen LogP contribution in [0.1, 0.15) is 22.9 Å². The van der Waals surface area contributed by atoms with Crippen LogP contribution < -0.4 is 10.1 Å². The van der Waals surface area contributed by atoms with Crippen molar-refractivity contribution in [1.29, 1.82) is 0 Å². The maximum absolute atomic E-state index is 13.8. The van der Waals surface area contributed by atoms with Crippen molar-refractivity contribution in [2.75, 3.05) is 5.01 Å². The lowest BCUT2D eigenvalue weighted by Gasteiger charge is -2.24. The molecule has 5 nitrogen and oxygen atoms in total. The number of sulfonamides is 1. The van der Waals surface area contributed by atoms with Gasteiger partial charge in [-0.05, 0) is 53.4 Å². The first-order valence-electron chi connectivity index (χ1n) is 8.21. The Hall–Kier alpha value is -2.55. The number of thiophene rings is 1. The van der Waals surface area contributed by atoms with Gasteiger partial charge in [0.1, 0.15) is 5.82 Å². The number of benzene rings is 2. The summed E-state index contributed by atoms with van der Waals surface area (Å²) in [6, 6.07) is 16.5. The number of primary sulfonamides is 1. The molecule has 8 heteroatoms. The van der Waals surface area contributed by atoms with Crippen LogP contribution in [0.15, 0.2) is 76.0 Å². The van der Waals surface area contributed by atoms with Crippen LogP contribution in [0.25, 0.3) is 0 Å². The molecule has 0 radical (unpaired) electrons. The Balaban J connectivity index is 1.75. The van der Waals surface area contributed by atoms with E-state index in [-0.39, 0.29) is 16.8 Å². The number of hydrogen-bond donors (Lipinski definition) is 1. The predicted molar refractivity (Wildman–Crippen MR) is 105 cm³/mol. The lowest BCUT2D eigenvalue weighted by Crippen LogP contribution is -2.19. The summed E-state index contributed by atoms with van der Waals surface area (Å²) in [7, 11) is -3.76. The second-order valence-corrected chi connectivity index (χ2v) is 8.69. The van der Waals surface area contributed by atoms with Gasteiger partial charge < -0.3 is 0 Å². The van der Waals surface area contributed by atoms with Crippen molar-refractivity contribution in [2.24, 2.45) is 10.2 Å². The summed E-state index contributed by atoms with van der Waals surface area (Å²) in [5.74, 6) is -0.304. The van der Waals surface area contributed by atoms with Crippen LogP contribution in [0.2, 0.25) is 0 Å². The molecule has 1 aliphatic heterocycles. The van der Waals surface area contributed by atoms with Crippen molar-refractivity contribution in [3.8, 4) is 0 Å². The molecule has 4 rings (SSSR count). The molecule has 1 aliphatic rings. The van der Waals surface area contributed by atoms with Crippen molar-refractivity contribution in [2.45, 2.75) is 17.4 Å². The molecule has 1 aromatic heterocycles. The third-order valence-corrected chi connectivity index (χ3v) is 6.23. The highest BCUT2D eigenvalue weighted by Gasteiger charge is 2.30. The van der Waals surface area contributed by atoms with Gasteiger partial charge >= 0.3 is 0 Å². The summed E-state index contributed by atoms with van der Waals surface area (Å²) in [6.45, 7) is 0. The molecule has 2 aromatic carbocycles. The lowest BCUT2D eigenvalue weighted by molar-refractivity contribution is 0.597. The first-order chi connectivity index (χ1) is 12.9. The van der Waals surface area contributed by atoms with Crippen molar-refractivity contribution in [1.82, 2.24) is 0 Å². The maximum Gasteiger partial charge on any atom is 0.238 e. The second-order valence-electron chi connectivity index (χ2n) is 6.18. The lowest BCUT2D eigenvalue weighted by atomic mass is 10.0. The zero-order chi connectivity index (χ0) is 19.0. The van der Waals surface area contributed by atoms with Crippen molar-refractivity contribution in [3.63, 3.8) is 0 Å². The third kappa shape index (κ3) is 3.64. The minimum Gasteiger partial charge on any atom is -0.257 e. The van der Waals surface area contributed by atoms with Crippen molar-refractivity contribution >= 4 is 32.8 Å². The fourth-order valence-electron chi connectivity index (χ4n) is 3.10. The van der Waals surface area contributed by atoms with E-state index in [1.165, 1.54) is 24.3 Å². The zero-order valence-electron chi connectivity index (χ0n) is 14.1. The van der Waals surface area contributed by atoms with E-state index in [1.807, 2.05) is 23.6 Å². The summed E-state index contributed by atoms with van der Waals surface area (Å²) in [6.07, 6.45) is 0.626. The summed E-state index contributed by atoms with van der Waals surface area (Å²) >= 11 is 1.60. The molecule has 138 valence electrons. The fourth-order valence-corrected chi connectivity index (χ4v) is 4.34. The largest absolute Gasteiger partial charge is 0.257 e. The second kappa shape index (κ2) is 6.88. The Kier molecular flexibility index (Phi) is 4.55. The van der Waals surface area contributed by atoms with Crippen LogP contribution in [0, 0.1) is 5.82 Å². The molecule has 0 unspecified atom stereocenters. The molecular weight excluding hydrogens is 385 g/mol. The van der Waals surface area contributed by atoms with Gasteiger partial charge in [0.15, 0.2) is 0 Å². The number of hydrazone groups is 1. The fraction of sp³-hybridized carbons (Fsp3) is 0.105. The monoisotopic (exact) mass is 401 g/mol. The smallest absolute Gasteiger partial charge is 0.238 e. The highest BCUT2D eigenvalue weighted by molar-refractivity contribution is 7.89. The summed E-state index contributed by atoms with van der Waals surface area (Å²) in [5, 5.41) is 13.7. The van der Waals surface area contributed by atoms with Crippen LogP contribution in [0.5, 0.6) is 0 Å². The molecular formula is C19H16FN3O2S2. The average molecular weight is 401 g/mol. The highest BCUT2D eigenvalue weighted by atomic mass is 32.2. The summed E-state index contributed by atoms with van der Waals surface area (Å²) in [5.41, 5.74) is 2.43. The third-order valence-electron chi connectivity index (χ3n) is 4.38. The van der Waals surface area contributed by atoms with Gasteiger partial charge in [-0.25, -0.2) is 17.9 Å². The average Bonchev–Trinajstić information content (AvgIpc) is 3.31. The van der Waals surface area contributed by atoms with Gasteiger partial charge in [0.2, 0.25) is 10.0 Å². The van der Waals surface area contributed by atoms with E-state index < -0.39 is 10.0 Å². The van der Waals surface area contributed by atoms with Crippen molar-refractivity contribution < 1.29 is 12.8 Å². The molecule has 2 N–H and O–H groups in total. The Morgan fingerprint density at radius 2 is 1.89 bits per heavy atom. The first-order valence-corrected chi connectivity index (χ1v) is 10.6. The van der Waals surface area contributed by atoms with E-state index in [4.69, 9.17) is 10.2 Å². The zero-order valence-corrected chi connectivity index (χ0v) is 15.8. The van der Waals surface area contributed by atoms with Gasteiger partial charge in [-0.2, -0.15) is 5.10 Å². The standard InChI is InChI=1S/C19H16FN3O2S2/c20-14-4-1-3-13(11-14)18-12-17(19-5-2-10-26-19)22-23(18)15-6-8-16(9-7-15)27(21,24)25/h1-11,18H,12H2,(H2,21,24,25)/t18-/m1/s1. The molecule has 1 atom stereocenters. The SMILES string of the molecule is NS(=O)(=O)c1ccc(N2N=C(c3cccs3)C[C@@H]2c2cccc(F)c2)cc1. The van der Waals surface area contributed by atoms with Crippen LogP contribution in [0.4, 0.5) is 10.1 Å². The molecule has 0 saturated carbocycles. The van der Waals surface area contributed by atoms with Gasteiger partial charge in [0.25, 0.3) is 0 Å². The number of anilines is 1. The van der Waals surface area contributed by atoms with Crippen LogP contribution in [0.3, 0.4) is 0 Å². The van der Waals surface area contributed by atoms with E-state index in [0.717, 1.165) is 16.2 Å². The van der Waals surface area contributed by atoms with E-state index >= 15 is 0 Å². The normalized spacial score (nSPS) is 17.2. The van der Waals surface area contributed by atoms with Gasteiger partial charge in [0, 0.05) is 6.42 Å². The molecule has 0 bridgehead atoms. The van der Waals surface area contributed by atoms with E-state index in [0.29, 0.717) is 12.1 Å². The highest BCUT2D eigenvalue weighted by Crippen LogP contribution is 2.37. The molecule has 3 aromatic rings. The number of nitrogens with two attached hydrogens (primary N) is 1. The molecule has 0 fully saturated rings. The minimum absolute atomic E-state index is 0.0372. The molecule has 0 saturated heterocycles. The predicted octanol–water partition coefficient (Wildman–Crippen LogP) is 3.89. The van der Waals surface area contributed by atoms with Crippen LogP contribution in [-0.2, 0) is 10.0 Å². The molecule has 2 heterocycles. The molecule has 0 spiro atoms. The van der Waals surface area contributed by atoms with Gasteiger partial charge in [0.05, 0.1) is 27.2 Å². The van der Waals surface area contributed by atoms with Gasteiger partial charge in [-0.1, -0.05) is 18.2 Å². The summed E-state index contributed by atoms with van der Waals surface area (Å²) in [4.78, 5) is 1.09. The van der Waals surface area contributed by atoms with E-state index in [1.54, 1.807) is 34.5 Å². The summed E-state index contributed by atoms with van der Waals surface area (Å²) < 4.78 is 36.8. The van der Waals surface area contributed by atoms with E-state index in [2.05, 4.69) is 0 Å².